The average molecular weight is 390 g/mol. The molecular weight excluding hydrogens is 358 g/mol. The van der Waals surface area contributed by atoms with Crippen molar-refractivity contribution in [3.05, 3.63) is 0 Å². The quantitative estimate of drug-likeness (QED) is 0.226. The van der Waals surface area contributed by atoms with Gasteiger partial charge in [0.25, 0.3) is 0 Å². The predicted molar refractivity (Wildman–Crippen MR) is 95.6 cm³/mol. The molecule has 0 aliphatic carbocycles. The van der Waals surface area contributed by atoms with E-state index in [0.29, 0.717) is 26.4 Å². The van der Waals surface area contributed by atoms with E-state index in [2.05, 4.69) is 19.6 Å². The van der Waals surface area contributed by atoms with Gasteiger partial charge in [-0.2, -0.15) is 0 Å². The summed E-state index contributed by atoms with van der Waals surface area (Å²) in [5.41, 5.74) is 0. The maximum absolute atomic E-state index is 6.01. The Morgan fingerprint density at radius 3 is 1.52 bits per heavy atom. The van der Waals surface area contributed by atoms with Gasteiger partial charge in [0, 0.05) is 0 Å². The van der Waals surface area contributed by atoms with Gasteiger partial charge in [-0.05, 0) is 47.3 Å². The molecule has 0 fully saturated rings. The highest BCUT2D eigenvalue weighted by molar-refractivity contribution is 7.42. The summed E-state index contributed by atoms with van der Waals surface area (Å²) >= 11 is 0. The van der Waals surface area contributed by atoms with Crippen LogP contribution in [0.3, 0.4) is 0 Å². The van der Waals surface area contributed by atoms with Crippen molar-refractivity contribution in [3.63, 3.8) is 0 Å². The lowest BCUT2D eigenvalue weighted by molar-refractivity contribution is -0.0511. The smallest absolute Gasteiger partial charge is 0.335 e. The van der Waals surface area contributed by atoms with E-state index in [-0.39, 0.29) is 6.61 Å². The fraction of sp³-hybridized carbons (Fsp3) is 1.00. The first-order chi connectivity index (χ1) is 10.9. The van der Waals surface area contributed by atoms with Gasteiger partial charge in [0.2, 0.25) is 0 Å². The van der Waals surface area contributed by atoms with Crippen molar-refractivity contribution in [3.8, 4) is 0 Å². The van der Waals surface area contributed by atoms with Crippen LogP contribution in [0, 0.1) is 0 Å². The topological polar surface area (TPSA) is 64.6 Å². The Morgan fingerprint density at radius 2 is 1.13 bits per heavy atom. The maximum atomic E-state index is 6.01. The molecule has 1 unspecified atom stereocenters. The van der Waals surface area contributed by atoms with Crippen LogP contribution in [0.5, 0.6) is 0 Å². The third-order valence-electron chi connectivity index (χ3n) is 1.94. The highest BCUT2D eigenvalue weighted by atomic mass is 31.2. The summed E-state index contributed by atoms with van der Waals surface area (Å²) in [5, 5.41) is 0. The Labute approximate surface area is 144 Å². The minimum atomic E-state index is -1.82. The van der Waals surface area contributed by atoms with E-state index >= 15 is 0 Å². The third-order valence-corrected chi connectivity index (χ3v) is 5.56. The van der Waals surface area contributed by atoms with E-state index in [1.54, 1.807) is 0 Å². The summed E-state index contributed by atoms with van der Waals surface area (Å²) < 4.78 is 39.3. The standard InChI is InChI=1S/C13H32O7P2Si/c1-8-14-21(15-9-2)18-12-13(20-23(5,6)7)19-22(16-10-3)17-11-4/h13H,8-12H2,1-7H3. The largest absolute Gasteiger partial charge is 0.391 e. The Hall–Kier alpha value is 0.797. The Balaban J connectivity index is 4.64. The lowest BCUT2D eigenvalue weighted by atomic mass is 10.7. The van der Waals surface area contributed by atoms with Crippen molar-refractivity contribution in [2.75, 3.05) is 33.0 Å². The summed E-state index contributed by atoms with van der Waals surface area (Å²) in [6, 6.07) is 0. The summed E-state index contributed by atoms with van der Waals surface area (Å²) in [5.74, 6) is 0. The summed E-state index contributed by atoms with van der Waals surface area (Å²) in [6.45, 7) is 16.1. The molecule has 10 heteroatoms. The van der Waals surface area contributed by atoms with E-state index in [1.807, 2.05) is 27.7 Å². The van der Waals surface area contributed by atoms with Crippen molar-refractivity contribution in [1.82, 2.24) is 0 Å². The highest BCUT2D eigenvalue weighted by Gasteiger charge is 2.28. The molecule has 0 aliphatic heterocycles. The monoisotopic (exact) mass is 390 g/mol. The Bertz CT molecular complexity index is 270. The molecule has 0 bridgehead atoms. The van der Waals surface area contributed by atoms with Gasteiger partial charge < -0.3 is 27.0 Å². The Kier molecular flexibility index (Phi) is 14.5. The number of rotatable bonds is 15. The number of hydrogen-bond donors (Lipinski definition) is 0. The zero-order chi connectivity index (χ0) is 17.7. The molecule has 7 nitrogen and oxygen atoms in total. The van der Waals surface area contributed by atoms with Crippen molar-refractivity contribution in [2.24, 2.45) is 0 Å². The van der Waals surface area contributed by atoms with Crippen LogP contribution in [0.4, 0.5) is 0 Å². The van der Waals surface area contributed by atoms with Gasteiger partial charge >= 0.3 is 17.2 Å². The van der Waals surface area contributed by atoms with Crippen molar-refractivity contribution in [2.45, 2.75) is 53.6 Å². The first-order valence-corrected chi connectivity index (χ1v) is 13.6. The molecule has 0 N–H and O–H groups in total. The molecule has 0 amide bonds. The molecule has 0 aliphatic rings. The van der Waals surface area contributed by atoms with Gasteiger partial charge in [-0.25, -0.2) is 0 Å². The first kappa shape index (κ1) is 23.8. The van der Waals surface area contributed by atoms with Crippen molar-refractivity contribution >= 4 is 25.5 Å². The fourth-order valence-electron chi connectivity index (χ4n) is 1.33. The average Bonchev–Trinajstić information content (AvgIpc) is 2.44. The lowest BCUT2D eigenvalue weighted by Gasteiger charge is -2.29. The molecule has 0 saturated heterocycles. The molecule has 0 rings (SSSR count). The van der Waals surface area contributed by atoms with Gasteiger partial charge in [0.15, 0.2) is 14.6 Å². The summed E-state index contributed by atoms with van der Waals surface area (Å²) in [7, 11) is -4.67. The summed E-state index contributed by atoms with van der Waals surface area (Å²) in [4.78, 5) is 0. The normalized spacial score (nSPS) is 14.0. The second-order valence-corrected chi connectivity index (χ2v) is 12.0. The van der Waals surface area contributed by atoms with E-state index in [4.69, 9.17) is 31.6 Å². The maximum Gasteiger partial charge on any atom is 0.335 e. The highest BCUT2D eigenvalue weighted by Crippen LogP contribution is 2.43. The molecule has 0 radical (unpaired) electrons. The van der Waals surface area contributed by atoms with Crippen LogP contribution < -0.4 is 0 Å². The van der Waals surface area contributed by atoms with Gasteiger partial charge in [0.1, 0.15) is 6.61 Å². The Morgan fingerprint density at radius 1 is 0.696 bits per heavy atom. The minimum absolute atomic E-state index is 0.203. The van der Waals surface area contributed by atoms with Crippen LogP contribution in [-0.2, 0) is 31.6 Å². The van der Waals surface area contributed by atoms with Gasteiger partial charge in [-0.15, -0.1) is 0 Å². The van der Waals surface area contributed by atoms with Crippen LogP contribution >= 0.6 is 17.2 Å². The predicted octanol–water partition coefficient (Wildman–Crippen LogP) is 4.80. The molecule has 0 aromatic carbocycles. The molecule has 1 atom stereocenters. The van der Waals surface area contributed by atoms with E-state index in [1.165, 1.54) is 0 Å². The molecule has 23 heavy (non-hydrogen) atoms. The van der Waals surface area contributed by atoms with Crippen LogP contribution in [-0.4, -0.2) is 47.6 Å². The number of hydrogen-bond acceptors (Lipinski definition) is 7. The minimum Gasteiger partial charge on any atom is -0.391 e. The summed E-state index contributed by atoms with van der Waals surface area (Å²) in [6.07, 6.45) is -0.572. The second-order valence-electron chi connectivity index (χ2n) is 5.18. The van der Waals surface area contributed by atoms with Gasteiger partial charge in [-0.1, -0.05) is 0 Å². The van der Waals surface area contributed by atoms with Crippen LogP contribution in [0.1, 0.15) is 27.7 Å². The molecule has 0 aromatic rings. The van der Waals surface area contributed by atoms with E-state index in [9.17, 15) is 0 Å². The fourth-order valence-corrected chi connectivity index (χ4v) is 4.12. The third kappa shape index (κ3) is 13.7. The lowest BCUT2D eigenvalue weighted by Crippen LogP contribution is -2.35. The zero-order valence-electron chi connectivity index (χ0n) is 15.4. The van der Waals surface area contributed by atoms with Crippen molar-refractivity contribution < 1.29 is 31.6 Å². The SMILES string of the molecule is CCOP(OCC)OCC(OP(OCC)OCC)O[Si](C)(C)C. The molecule has 0 spiro atoms. The molecular formula is C13H32O7P2Si. The zero-order valence-corrected chi connectivity index (χ0v) is 18.2. The molecule has 0 heterocycles. The second kappa shape index (κ2) is 14.0. The molecule has 140 valence electrons. The molecule has 0 saturated carbocycles. The first-order valence-electron chi connectivity index (χ1n) is 7.95. The van der Waals surface area contributed by atoms with E-state index < -0.39 is 31.8 Å². The van der Waals surface area contributed by atoms with Crippen LogP contribution in [0.25, 0.3) is 0 Å². The van der Waals surface area contributed by atoms with E-state index in [0.717, 1.165) is 0 Å². The van der Waals surface area contributed by atoms with Gasteiger partial charge in [-0.3, -0.25) is 4.52 Å². The van der Waals surface area contributed by atoms with Crippen molar-refractivity contribution in [1.29, 1.82) is 0 Å². The van der Waals surface area contributed by atoms with Gasteiger partial charge in [0.05, 0.1) is 26.4 Å². The van der Waals surface area contributed by atoms with Crippen LogP contribution in [0.2, 0.25) is 19.6 Å². The molecule has 0 aromatic heterocycles. The van der Waals surface area contributed by atoms with Crippen LogP contribution in [0.15, 0.2) is 0 Å².